The zero-order valence-corrected chi connectivity index (χ0v) is 26.2. The van der Waals surface area contributed by atoms with E-state index in [2.05, 4.69) is 15.0 Å². The summed E-state index contributed by atoms with van der Waals surface area (Å²) in [5, 5.41) is 31.9. The van der Waals surface area contributed by atoms with E-state index in [1.54, 1.807) is 6.92 Å². The molecule has 6 atom stereocenters. The van der Waals surface area contributed by atoms with Gasteiger partial charge in [0.05, 0.1) is 26.7 Å². The molecule has 2 aliphatic rings. The Labute approximate surface area is 255 Å². The molecule has 18 nitrogen and oxygen atoms in total. The summed E-state index contributed by atoms with van der Waals surface area (Å²) >= 11 is 0. The van der Waals surface area contributed by atoms with Crippen molar-refractivity contribution in [3.8, 4) is 11.5 Å². The van der Waals surface area contributed by atoms with E-state index in [1.807, 2.05) is 6.92 Å². The number of aliphatic hydroxyl groups excluding tert-OH is 2. The molecule has 0 aliphatic carbocycles. The van der Waals surface area contributed by atoms with Crippen molar-refractivity contribution in [3.05, 3.63) is 34.4 Å². The summed E-state index contributed by atoms with van der Waals surface area (Å²) in [6.07, 6.45) is -4.09. The number of fused-ring (bicyclic) bond motifs is 2. The van der Waals surface area contributed by atoms with E-state index >= 15 is 0 Å². The second-order valence-corrected chi connectivity index (χ2v) is 14.7. The van der Waals surface area contributed by atoms with Crippen LogP contribution in [0.3, 0.4) is 0 Å². The molecule has 1 saturated heterocycles. The van der Waals surface area contributed by atoms with Crippen molar-refractivity contribution in [2.45, 2.75) is 57.8 Å². The Morgan fingerprint density at radius 1 is 1.16 bits per heavy atom. The second kappa shape index (κ2) is 12.5. The van der Waals surface area contributed by atoms with Gasteiger partial charge in [-0.25, -0.2) is 19.7 Å². The van der Waals surface area contributed by atoms with Crippen LogP contribution in [0.2, 0.25) is 0 Å². The van der Waals surface area contributed by atoms with Gasteiger partial charge in [0, 0.05) is 24.0 Å². The molecule has 1 fully saturated rings. The number of aromatic nitrogens is 4. The number of imidazole rings is 1. The van der Waals surface area contributed by atoms with Crippen LogP contribution in [0, 0.1) is 6.92 Å². The lowest BCUT2D eigenvalue weighted by Crippen LogP contribution is -2.33. The van der Waals surface area contributed by atoms with Crippen LogP contribution in [0.5, 0.6) is 11.5 Å². The normalized spacial score (nSPS) is 23.9. The fraction of sp³-hybridized carbons (Fsp3) is 0.520. The highest BCUT2D eigenvalue weighted by molar-refractivity contribution is 7.70. The molecular formula is C25H33N5O13P2. The van der Waals surface area contributed by atoms with E-state index < -0.39 is 70.6 Å². The van der Waals surface area contributed by atoms with Gasteiger partial charge >= 0.3 is 21.2 Å². The average Bonchev–Trinajstić information content (AvgIpc) is 3.65. The number of carbonyl (C=O) groups is 1. The summed E-state index contributed by atoms with van der Waals surface area (Å²) in [6.45, 7) is 2.21. The first-order valence-corrected chi connectivity index (χ1v) is 17.2. The zero-order chi connectivity index (χ0) is 32.8. The summed E-state index contributed by atoms with van der Waals surface area (Å²) < 4.78 is 52.8. The number of methoxy groups -OCH3 is 1. The predicted octanol–water partition coefficient (Wildman–Crippen LogP) is 0.887. The fourth-order valence-corrected chi connectivity index (χ4v) is 8.50. The quantitative estimate of drug-likeness (QED) is 0.115. The highest BCUT2D eigenvalue weighted by Crippen LogP contribution is 2.58. The molecule has 0 radical (unpaired) electrons. The number of nitrogen functional groups attached to an aromatic ring is 1. The molecular weight excluding hydrogens is 640 g/mol. The van der Waals surface area contributed by atoms with Gasteiger partial charge < -0.3 is 54.1 Å². The van der Waals surface area contributed by atoms with Gasteiger partial charge in [-0.15, -0.1) is 0 Å². The van der Waals surface area contributed by atoms with Crippen molar-refractivity contribution >= 4 is 38.1 Å². The van der Waals surface area contributed by atoms with Gasteiger partial charge in [-0.3, -0.25) is 13.7 Å². The molecule has 1 aromatic carbocycles. The molecule has 3 aromatic rings. The van der Waals surface area contributed by atoms with Crippen molar-refractivity contribution in [1.82, 2.24) is 19.5 Å². The lowest BCUT2D eigenvalue weighted by Gasteiger charge is -2.20. The number of hydrogen-bond acceptors (Lipinski definition) is 15. The first-order valence-electron chi connectivity index (χ1n) is 13.7. The minimum Gasteiger partial charge on any atom is -0.507 e. The number of anilines is 1. The molecule has 20 heteroatoms. The largest absolute Gasteiger partial charge is 0.507 e. The molecule has 0 bridgehead atoms. The Bertz CT molecular complexity index is 1730. The Balaban J connectivity index is 1.20. The number of cyclic esters (lactones) is 1. The molecule has 0 saturated carbocycles. The van der Waals surface area contributed by atoms with E-state index in [0.717, 1.165) is 0 Å². The van der Waals surface area contributed by atoms with Crippen LogP contribution in [-0.2, 0) is 47.1 Å². The highest BCUT2D eigenvalue weighted by atomic mass is 31.2. The maximum Gasteiger partial charge on any atom is 0.342 e. The van der Waals surface area contributed by atoms with Crippen LogP contribution in [0.15, 0.2) is 6.33 Å². The van der Waals surface area contributed by atoms with Crippen molar-refractivity contribution in [2.24, 2.45) is 0 Å². The minimum atomic E-state index is -4.82. The maximum absolute atomic E-state index is 12.7. The Morgan fingerprint density at radius 2 is 1.87 bits per heavy atom. The number of rotatable bonds is 12. The molecule has 2 aromatic heterocycles. The van der Waals surface area contributed by atoms with Crippen molar-refractivity contribution < 1.29 is 62.3 Å². The molecule has 7 N–H and O–H groups in total. The lowest BCUT2D eigenvalue weighted by molar-refractivity contribution is -0.0484. The van der Waals surface area contributed by atoms with Crippen LogP contribution < -0.4 is 10.5 Å². The first-order chi connectivity index (χ1) is 21.2. The van der Waals surface area contributed by atoms with E-state index in [9.17, 15) is 39.0 Å². The number of hydrogen-bond donors (Lipinski definition) is 6. The van der Waals surface area contributed by atoms with Gasteiger partial charge in [0.25, 0.3) is 0 Å². The van der Waals surface area contributed by atoms with Gasteiger partial charge in [-0.05, 0) is 12.5 Å². The second-order valence-electron chi connectivity index (χ2n) is 10.5. The smallest absolute Gasteiger partial charge is 0.342 e. The lowest BCUT2D eigenvalue weighted by atomic mass is 9.95. The highest BCUT2D eigenvalue weighted by Gasteiger charge is 2.46. The summed E-state index contributed by atoms with van der Waals surface area (Å²) in [6, 6.07) is 0. The zero-order valence-electron chi connectivity index (χ0n) is 24.4. The molecule has 2 aliphatic heterocycles. The number of carbonyl (C=O) groups excluding carboxylic acids is 1. The number of nitrogens with two attached hydrogens (primary N) is 1. The maximum atomic E-state index is 12.7. The number of phenolic OH excluding ortho intramolecular Hbond substituents is 1. The van der Waals surface area contributed by atoms with Crippen molar-refractivity contribution in [2.75, 3.05) is 32.0 Å². The number of benzene rings is 1. The Hall–Kier alpha value is -3.18. The van der Waals surface area contributed by atoms with Crippen LogP contribution in [0.1, 0.15) is 46.0 Å². The number of nitrogens with zero attached hydrogens (tertiary/aromatic N) is 4. The van der Waals surface area contributed by atoms with Crippen LogP contribution in [0.4, 0.5) is 5.82 Å². The predicted molar refractivity (Wildman–Crippen MR) is 154 cm³/mol. The summed E-state index contributed by atoms with van der Waals surface area (Å²) in [5.41, 5.74) is 7.53. The van der Waals surface area contributed by atoms with Crippen molar-refractivity contribution in [3.63, 3.8) is 0 Å². The van der Waals surface area contributed by atoms with E-state index in [1.165, 1.54) is 18.0 Å². The Morgan fingerprint density at radius 3 is 2.56 bits per heavy atom. The number of aryl methyl sites for hydroxylation is 1. The molecule has 5 rings (SSSR count). The van der Waals surface area contributed by atoms with Crippen LogP contribution >= 0.6 is 15.2 Å². The number of aliphatic hydroxyl groups is 2. The van der Waals surface area contributed by atoms with E-state index in [4.69, 9.17) is 29.0 Å². The minimum absolute atomic E-state index is 0.0308. The topological polar surface area (TPSA) is 268 Å². The van der Waals surface area contributed by atoms with Crippen LogP contribution in [-0.4, -0.2) is 95.1 Å². The molecule has 2 unspecified atom stereocenters. The standard InChI is InChI=1S/C25H33N5O13P2/c1-4-15-28-22(26)17-23(29-15)30(9-27-17)24-20(33)19(32)14(43-24)8-42-45(37,38)10-44(35,36)41-6-5-12-18(31)16-13(7-40-25(16)34)11(2)21(12)39-3/h9,14,19-20,24,31-33H,4-8,10H2,1-3H3,(H,35,36)(H,37,38)(H2,26,28,29)/t14-,19-,20-,24-/m0/s1. The van der Waals surface area contributed by atoms with Gasteiger partial charge in [0.2, 0.25) is 0 Å². The molecule has 0 amide bonds. The Kier molecular flexibility index (Phi) is 9.26. The molecule has 0 spiro atoms. The molecule has 4 heterocycles. The molecule has 45 heavy (non-hydrogen) atoms. The number of esters is 1. The number of ether oxygens (including phenoxy) is 3. The first kappa shape index (κ1) is 33.2. The van der Waals surface area contributed by atoms with E-state index in [-0.39, 0.29) is 46.9 Å². The molecule has 246 valence electrons. The van der Waals surface area contributed by atoms with Crippen molar-refractivity contribution in [1.29, 1.82) is 0 Å². The number of phenols is 1. The fourth-order valence-electron chi connectivity index (χ4n) is 5.28. The van der Waals surface area contributed by atoms with Gasteiger partial charge in [0.1, 0.15) is 53.3 Å². The third kappa shape index (κ3) is 6.43. The van der Waals surface area contributed by atoms with E-state index in [0.29, 0.717) is 23.4 Å². The third-order valence-electron chi connectivity index (χ3n) is 7.51. The van der Waals surface area contributed by atoms with Gasteiger partial charge in [-0.1, -0.05) is 6.92 Å². The summed E-state index contributed by atoms with van der Waals surface area (Å²) in [5.74, 6) is -1.69. The summed E-state index contributed by atoms with van der Waals surface area (Å²) in [4.78, 5) is 45.3. The summed E-state index contributed by atoms with van der Waals surface area (Å²) in [7, 11) is -8.22. The number of aromatic hydroxyl groups is 1. The van der Waals surface area contributed by atoms with Crippen LogP contribution in [0.25, 0.3) is 11.2 Å². The average molecular weight is 674 g/mol. The monoisotopic (exact) mass is 673 g/mol. The van der Waals surface area contributed by atoms with Gasteiger partial charge in [0.15, 0.2) is 23.6 Å². The SMILES string of the molecule is CCc1nc(N)c2ncn([C@H]3O[C@@H](COP(=O)(O)CP(=O)(O)OCCc4c(O)c5c(c(C)c4OC)COC5=O)[C@H](O)[C@@H]3O)c2n1. The van der Waals surface area contributed by atoms with Gasteiger partial charge in [-0.2, -0.15) is 0 Å². The third-order valence-corrected chi connectivity index (χ3v) is 11.5.